The number of ether oxygens (including phenoxy) is 1. The Kier molecular flexibility index (Phi) is 3.16. The number of likely N-dealkylation sites (N-methyl/N-ethyl adjacent to an activating group) is 1. The van der Waals surface area contributed by atoms with Gasteiger partial charge in [-0.1, -0.05) is 18.6 Å². The molecule has 98 valence electrons. The molecule has 0 amide bonds. The lowest BCUT2D eigenvalue weighted by Gasteiger charge is -2.40. The van der Waals surface area contributed by atoms with Crippen molar-refractivity contribution in [3.63, 3.8) is 0 Å². The summed E-state index contributed by atoms with van der Waals surface area (Å²) in [7, 11) is 2.19. The highest BCUT2D eigenvalue weighted by Crippen LogP contribution is 2.37. The van der Waals surface area contributed by atoms with Gasteiger partial charge in [0.15, 0.2) is 11.5 Å². The largest absolute Gasteiger partial charge is 0.504 e. The van der Waals surface area contributed by atoms with Gasteiger partial charge in [-0.3, -0.25) is 4.90 Å². The van der Waals surface area contributed by atoms with E-state index < -0.39 is 0 Å². The van der Waals surface area contributed by atoms with Gasteiger partial charge in [0, 0.05) is 6.04 Å². The molecule has 0 unspecified atom stereocenters. The van der Waals surface area contributed by atoms with Crippen molar-refractivity contribution in [2.24, 2.45) is 0 Å². The van der Waals surface area contributed by atoms with Gasteiger partial charge in [-0.25, -0.2) is 0 Å². The third-order valence-corrected chi connectivity index (χ3v) is 4.30. The van der Waals surface area contributed by atoms with Gasteiger partial charge in [0.1, 0.15) is 6.10 Å². The number of nitrogens with zero attached hydrogens (tertiary/aromatic N) is 1. The first-order valence-corrected chi connectivity index (χ1v) is 6.93. The van der Waals surface area contributed by atoms with Crippen LogP contribution in [-0.4, -0.2) is 35.7 Å². The van der Waals surface area contributed by atoms with E-state index >= 15 is 0 Å². The second-order valence-corrected chi connectivity index (χ2v) is 5.50. The molecule has 0 aromatic heterocycles. The number of phenols is 1. The molecule has 1 aromatic rings. The number of fused-ring (bicyclic) bond motifs is 1. The Morgan fingerprint density at radius 1 is 1.28 bits per heavy atom. The number of rotatable bonds is 1. The number of hydrogen-bond acceptors (Lipinski definition) is 3. The fourth-order valence-electron chi connectivity index (χ4n) is 3.25. The number of aryl methyl sites for hydroxylation is 1. The van der Waals surface area contributed by atoms with E-state index in [4.69, 9.17) is 4.74 Å². The highest BCUT2D eigenvalue weighted by atomic mass is 16.5. The topological polar surface area (TPSA) is 32.7 Å². The quantitative estimate of drug-likeness (QED) is 0.828. The van der Waals surface area contributed by atoms with Gasteiger partial charge in [-0.15, -0.1) is 0 Å². The van der Waals surface area contributed by atoms with Gasteiger partial charge in [0.25, 0.3) is 0 Å². The molecule has 3 rings (SSSR count). The summed E-state index contributed by atoms with van der Waals surface area (Å²) in [5.41, 5.74) is 1.14. The monoisotopic (exact) mass is 247 g/mol. The highest BCUT2D eigenvalue weighted by Gasteiger charge is 2.32. The number of hydrogen-bond donors (Lipinski definition) is 1. The van der Waals surface area contributed by atoms with E-state index in [0.29, 0.717) is 11.8 Å². The second kappa shape index (κ2) is 4.81. The van der Waals surface area contributed by atoms with Crippen molar-refractivity contribution in [3.8, 4) is 11.5 Å². The summed E-state index contributed by atoms with van der Waals surface area (Å²) in [6.45, 7) is 1.16. The van der Waals surface area contributed by atoms with Gasteiger partial charge < -0.3 is 9.84 Å². The number of para-hydroxylation sites is 1. The molecule has 3 heteroatoms. The van der Waals surface area contributed by atoms with Gasteiger partial charge in [0.2, 0.25) is 0 Å². The lowest BCUT2D eigenvalue weighted by Crippen LogP contribution is -2.48. The standard InChI is InChI=1S/C15H21NO2/c1-16-10-3-2-6-12(16)14-9-8-11-5-4-7-13(17)15(11)18-14/h4-5,7,12,14,17H,2-3,6,8-10H2,1H3/t12-,14+/m0/s1. The zero-order chi connectivity index (χ0) is 12.5. The van der Waals surface area contributed by atoms with Crippen molar-refractivity contribution < 1.29 is 9.84 Å². The van der Waals surface area contributed by atoms with E-state index in [1.807, 2.05) is 6.07 Å². The molecule has 1 fully saturated rings. The fraction of sp³-hybridized carbons (Fsp3) is 0.600. The summed E-state index contributed by atoms with van der Waals surface area (Å²) < 4.78 is 6.08. The molecule has 0 aliphatic carbocycles. The number of piperidine rings is 1. The molecule has 2 aliphatic rings. The highest BCUT2D eigenvalue weighted by molar-refractivity contribution is 5.46. The van der Waals surface area contributed by atoms with Crippen LogP contribution in [0, 0.1) is 0 Å². The number of benzene rings is 1. The Balaban J connectivity index is 1.79. The third-order valence-electron chi connectivity index (χ3n) is 4.30. The molecule has 3 nitrogen and oxygen atoms in total. The normalized spacial score (nSPS) is 28.5. The first kappa shape index (κ1) is 11.8. The van der Waals surface area contributed by atoms with E-state index in [0.717, 1.165) is 24.9 Å². The summed E-state index contributed by atoms with van der Waals surface area (Å²) in [6, 6.07) is 6.16. The zero-order valence-corrected chi connectivity index (χ0v) is 10.9. The van der Waals surface area contributed by atoms with E-state index in [9.17, 15) is 5.11 Å². The van der Waals surface area contributed by atoms with Crippen molar-refractivity contribution in [1.29, 1.82) is 0 Å². The first-order chi connectivity index (χ1) is 8.75. The molecule has 0 saturated carbocycles. The van der Waals surface area contributed by atoms with E-state index in [1.54, 1.807) is 6.07 Å². The summed E-state index contributed by atoms with van der Waals surface area (Å²) in [5.74, 6) is 1.00. The lowest BCUT2D eigenvalue weighted by atomic mass is 9.91. The van der Waals surface area contributed by atoms with Crippen LogP contribution in [0.2, 0.25) is 0 Å². The van der Waals surface area contributed by atoms with Crippen molar-refractivity contribution >= 4 is 0 Å². The van der Waals surface area contributed by atoms with Gasteiger partial charge in [-0.2, -0.15) is 0 Å². The molecule has 18 heavy (non-hydrogen) atoms. The van der Waals surface area contributed by atoms with E-state index in [2.05, 4.69) is 18.0 Å². The summed E-state index contributed by atoms with van der Waals surface area (Å²) in [6.07, 6.45) is 6.11. The van der Waals surface area contributed by atoms with Crippen LogP contribution >= 0.6 is 0 Å². The molecule has 0 spiro atoms. The SMILES string of the molecule is CN1CCCC[C@H]1[C@H]1CCc2cccc(O)c2O1. The van der Waals surface area contributed by atoms with Crippen molar-refractivity contribution in [3.05, 3.63) is 23.8 Å². The maximum absolute atomic E-state index is 9.90. The minimum atomic E-state index is 0.232. The minimum absolute atomic E-state index is 0.232. The van der Waals surface area contributed by atoms with Gasteiger partial charge in [0.05, 0.1) is 0 Å². The lowest BCUT2D eigenvalue weighted by molar-refractivity contribution is 0.0429. The van der Waals surface area contributed by atoms with Crippen LogP contribution < -0.4 is 4.74 Å². The number of likely N-dealkylation sites (tertiary alicyclic amines) is 1. The van der Waals surface area contributed by atoms with Crippen LogP contribution in [0.3, 0.4) is 0 Å². The molecule has 0 radical (unpaired) electrons. The fourth-order valence-corrected chi connectivity index (χ4v) is 3.25. The molecule has 2 heterocycles. The van der Waals surface area contributed by atoms with Crippen molar-refractivity contribution in [2.45, 2.75) is 44.2 Å². The Hall–Kier alpha value is -1.22. The smallest absolute Gasteiger partial charge is 0.164 e. The maximum Gasteiger partial charge on any atom is 0.164 e. The van der Waals surface area contributed by atoms with Crippen molar-refractivity contribution in [1.82, 2.24) is 4.90 Å². The molecular weight excluding hydrogens is 226 g/mol. The van der Waals surface area contributed by atoms with E-state index in [1.165, 1.54) is 19.3 Å². The molecule has 1 aromatic carbocycles. The average molecular weight is 247 g/mol. The summed E-state index contributed by atoms with van der Waals surface area (Å²) in [5, 5.41) is 9.90. The molecule has 1 N–H and O–H groups in total. The van der Waals surface area contributed by atoms with Crippen LogP contribution in [0.1, 0.15) is 31.2 Å². The molecular formula is C15H21NO2. The van der Waals surface area contributed by atoms with Crippen LogP contribution in [0.4, 0.5) is 0 Å². The number of aromatic hydroxyl groups is 1. The van der Waals surface area contributed by atoms with Crippen LogP contribution in [0.5, 0.6) is 11.5 Å². The van der Waals surface area contributed by atoms with E-state index in [-0.39, 0.29) is 11.9 Å². The Bertz CT molecular complexity index is 433. The average Bonchev–Trinajstić information content (AvgIpc) is 2.40. The molecule has 2 aliphatic heterocycles. The van der Waals surface area contributed by atoms with Gasteiger partial charge in [-0.05, 0) is 50.9 Å². The maximum atomic E-state index is 9.90. The van der Waals surface area contributed by atoms with Crippen LogP contribution in [0.15, 0.2) is 18.2 Å². The first-order valence-electron chi connectivity index (χ1n) is 6.93. The second-order valence-electron chi connectivity index (χ2n) is 5.50. The molecule has 0 bridgehead atoms. The van der Waals surface area contributed by atoms with Crippen LogP contribution in [-0.2, 0) is 6.42 Å². The minimum Gasteiger partial charge on any atom is -0.504 e. The Labute approximate surface area is 108 Å². The Morgan fingerprint density at radius 3 is 3.00 bits per heavy atom. The van der Waals surface area contributed by atoms with Crippen LogP contribution in [0.25, 0.3) is 0 Å². The summed E-state index contributed by atoms with van der Waals surface area (Å²) >= 11 is 0. The molecule has 2 atom stereocenters. The van der Waals surface area contributed by atoms with Gasteiger partial charge >= 0.3 is 0 Å². The molecule has 1 saturated heterocycles. The third kappa shape index (κ3) is 2.07. The predicted molar refractivity (Wildman–Crippen MR) is 71.1 cm³/mol. The van der Waals surface area contributed by atoms with Crippen molar-refractivity contribution in [2.75, 3.05) is 13.6 Å². The number of phenolic OH excluding ortho intramolecular Hbond substituents is 1. The summed E-state index contributed by atoms with van der Waals surface area (Å²) in [4.78, 5) is 2.42. The zero-order valence-electron chi connectivity index (χ0n) is 10.9. The predicted octanol–water partition coefficient (Wildman–Crippen LogP) is 2.57. The Morgan fingerprint density at radius 2 is 2.17 bits per heavy atom.